The van der Waals surface area contributed by atoms with Crippen LogP contribution in [-0.2, 0) is 10.5 Å². The van der Waals surface area contributed by atoms with E-state index in [-0.39, 0.29) is 11.5 Å². The van der Waals surface area contributed by atoms with Crippen LogP contribution in [0.15, 0.2) is 22.4 Å². The second-order valence-corrected chi connectivity index (χ2v) is 8.45. The molecule has 142 valence electrons. The van der Waals surface area contributed by atoms with E-state index in [0.717, 1.165) is 25.2 Å². The average molecular weight is 395 g/mol. The Morgan fingerprint density at radius 2 is 2.08 bits per heavy atom. The third kappa shape index (κ3) is 5.82. The molecule has 0 aromatic carbocycles. The van der Waals surface area contributed by atoms with Crippen LogP contribution < -0.4 is 10.9 Å². The second-order valence-electron chi connectivity index (χ2n) is 6.59. The lowest BCUT2D eigenvalue weighted by Crippen LogP contribution is -2.31. The van der Waals surface area contributed by atoms with Crippen molar-refractivity contribution in [1.82, 2.24) is 19.6 Å². The standard InChI is InChI=1S/C18H26N4O2S2/c23-16(19-6-5-9-21-7-3-1-2-4-8-21)14-25-13-15-12-17(24)22-10-11-26-18(22)20-15/h10-12H,1-9,13-14H2,(H,19,23). The Bertz CT molecular complexity index is 766. The van der Waals surface area contributed by atoms with Gasteiger partial charge in [-0.1, -0.05) is 12.8 Å². The lowest BCUT2D eigenvalue weighted by molar-refractivity contribution is -0.118. The predicted octanol–water partition coefficient (Wildman–Crippen LogP) is 2.37. The molecule has 1 N–H and O–H groups in total. The number of hydrogen-bond acceptors (Lipinski definition) is 6. The lowest BCUT2D eigenvalue weighted by atomic mass is 10.2. The zero-order valence-corrected chi connectivity index (χ0v) is 16.6. The van der Waals surface area contributed by atoms with Crippen LogP contribution in [0.2, 0.25) is 0 Å². The van der Waals surface area contributed by atoms with Crippen LogP contribution in [0.25, 0.3) is 4.96 Å². The molecule has 8 heteroatoms. The van der Waals surface area contributed by atoms with E-state index in [1.807, 2.05) is 5.38 Å². The number of nitrogens with one attached hydrogen (secondary N) is 1. The molecule has 0 spiro atoms. The number of hydrogen-bond donors (Lipinski definition) is 1. The van der Waals surface area contributed by atoms with Crippen molar-refractivity contribution in [3.05, 3.63) is 33.7 Å². The lowest BCUT2D eigenvalue weighted by Gasteiger charge is -2.19. The number of carbonyl (C=O) groups excluding carboxylic acids is 1. The van der Waals surface area contributed by atoms with Gasteiger partial charge in [-0.2, -0.15) is 0 Å². The third-order valence-electron chi connectivity index (χ3n) is 4.51. The SMILES string of the molecule is O=C(CSCc1cc(=O)n2ccsc2n1)NCCCN1CCCCCC1. The molecule has 26 heavy (non-hydrogen) atoms. The minimum atomic E-state index is -0.0650. The number of rotatable bonds is 8. The highest BCUT2D eigenvalue weighted by Gasteiger charge is 2.09. The number of carbonyl (C=O) groups is 1. The van der Waals surface area contributed by atoms with E-state index in [4.69, 9.17) is 0 Å². The molecule has 1 fully saturated rings. The summed E-state index contributed by atoms with van der Waals surface area (Å²) < 4.78 is 1.54. The number of thioether (sulfide) groups is 1. The van der Waals surface area contributed by atoms with Crippen molar-refractivity contribution in [1.29, 1.82) is 0 Å². The predicted molar refractivity (Wildman–Crippen MR) is 108 cm³/mol. The van der Waals surface area contributed by atoms with E-state index in [9.17, 15) is 9.59 Å². The first-order valence-corrected chi connectivity index (χ1v) is 11.3. The smallest absolute Gasteiger partial charge is 0.258 e. The molecule has 0 radical (unpaired) electrons. The summed E-state index contributed by atoms with van der Waals surface area (Å²) >= 11 is 2.94. The first kappa shape index (κ1) is 19.4. The maximum atomic E-state index is 11.9. The van der Waals surface area contributed by atoms with Crippen molar-refractivity contribution < 1.29 is 4.79 Å². The van der Waals surface area contributed by atoms with Gasteiger partial charge >= 0.3 is 0 Å². The zero-order chi connectivity index (χ0) is 18.2. The van der Waals surface area contributed by atoms with Crippen LogP contribution in [-0.4, -0.2) is 52.1 Å². The molecule has 1 aliphatic heterocycles. The normalized spacial score (nSPS) is 15.8. The van der Waals surface area contributed by atoms with Crippen molar-refractivity contribution in [3.63, 3.8) is 0 Å². The van der Waals surface area contributed by atoms with E-state index in [2.05, 4.69) is 15.2 Å². The van der Waals surface area contributed by atoms with E-state index in [1.165, 1.54) is 66.3 Å². The molecule has 6 nitrogen and oxygen atoms in total. The first-order valence-electron chi connectivity index (χ1n) is 9.25. The van der Waals surface area contributed by atoms with E-state index >= 15 is 0 Å². The highest BCUT2D eigenvalue weighted by Crippen LogP contribution is 2.12. The van der Waals surface area contributed by atoms with Crippen molar-refractivity contribution in [3.8, 4) is 0 Å². The van der Waals surface area contributed by atoms with Crippen LogP contribution in [0.5, 0.6) is 0 Å². The Kier molecular flexibility index (Phi) is 7.52. The number of amides is 1. The molecule has 0 unspecified atom stereocenters. The molecule has 3 heterocycles. The second kappa shape index (κ2) is 10.1. The van der Waals surface area contributed by atoms with Crippen LogP contribution in [0.4, 0.5) is 0 Å². The minimum Gasteiger partial charge on any atom is -0.355 e. The largest absolute Gasteiger partial charge is 0.355 e. The van der Waals surface area contributed by atoms with Gasteiger partial charge in [-0.05, 0) is 38.9 Å². The van der Waals surface area contributed by atoms with Gasteiger partial charge in [-0.3, -0.25) is 14.0 Å². The Morgan fingerprint density at radius 3 is 2.88 bits per heavy atom. The van der Waals surface area contributed by atoms with E-state index in [1.54, 1.807) is 12.3 Å². The van der Waals surface area contributed by atoms with E-state index in [0.29, 0.717) is 16.5 Å². The van der Waals surface area contributed by atoms with Crippen LogP contribution >= 0.6 is 23.1 Å². The van der Waals surface area contributed by atoms with E-state index < -0.39 is 0 Å². The molecular weight excluding hydrogens is 368 g/mol. The Hall–Kier alpha value is -1.38. The Balaban J connectivity index is 1.31. The average Bonchev–Trinajstić information content (AvgIpc) is 2.95. The summed E-state index contributed by atoms with van der Waals surface area (Å²) in [5.41, 5.74) is 0.668. The summed E-state index contributed by atoms with van der Waals surface area (Å²) in [6, 6.07) is 1.55. The third-order valence-corrected chi connectivity index (χ3v) is 6.23. The van der Waals surface area contributed by atoms with Gasteiger partial charge < -0.3 is 10.2 Å². The van der Waals surface area contributed by atoms with Gasteiger partial charge in [0.25, 0.3) is 5.56 Å². The molecule has 0 aliphatic carbocycles. The Morgan fingerprint density at radius 1 is 1.27 bits per heavy atom. The highest BCUT2D eigenvalue weighted by atomic mass is 32.2. The quantitative estimate of drug-likeness (QED) is 0.697. The van der Waals surface area contributed by atoms with Crippen molar-refractivity contribution in [2.45, 2.75) is 37.9 Å². The van der Waals surface area contributed by atoms with Crippen molar-refractivity contribution >= 4 is 34.0 Å². The highest BCUT2D eigenvalue weighted by molar-refractivity contribution is 7.99. The Labute approximate surface area is 162 Å². The van der Waals surface area contributed by atoms with Crippen LogP contribution in [0, 0.1) is 0 Å². The van der Waals surface area contributed by atoms with Crippen LogP contribution in [0.3, 0.4) is 0 Å². The fourth-order valence-electron chi connectivity index (χ4n) is 3.15. The van der Waals surface area contributed by atoms with Gasteiger partial charge in [-0.25, -0.2) is 4.98 Å². The number of aromatic nitrogens is 2. The molecule has 2 aromatic rings. The molecule has 2 aromatic heterocycles. The maximum absolute atomic E-state index is 11.9. The molecular formula is C18H26N4O2S2. The molecule has 0 atom stereocenters. The fourth-order valence-corrected chi connectivity index (χ4v) is 4.64. The molecule has 0 saturated carbocycles. The maximum Gasteiger partial charge on any atom is 0.258 e. The molecule has 1 amide bonds. The summed E-state index contributed by atoms with van der Waals surface area (Å²) in [7, 11) is 0. The van der Waals surface area contributed by atoms with Gasteiger partial charge in [0.15, 0.2) is 4.96 Å². The van der Waals surface area contributed by atoms with Gasteiger partial charge in [0.05, 0.1) is 11.4 Å². The monoisotopic (exact) mass is 394 g/mol. The molecule has 1 saturated heterocycles. The summed E-state index contributed by atoms with van der Waals surface area (Å²) in [5.74, 6) is 1.03. The summed E-state index contributed by atoms with van der Waals surface area (Å²) in [6.45, 7) is 4.20. The van der Waals surface area contributed by atoms with Gasteiger partial charge in [-0.15, -0.1) is 23.1 Å². The number of thiazole rings is 1. The number of fused-ring (bicyclic) bond motifs is 1. The van der Waals surface area contributed by atoms with Gasteiger partial charge in [0.1, 0.15) is 0 Å². The van der Waals surface area contributed by atoms with Crippen LogP contribution in [0.1, 0.15) is 37.8 Å². The van der Waals surface area contributed by atoms with Crippen molar-refractivity contribution in [2.24, 2.45) is 0 Å². The zero-order valence-electron chi connectivity index (χ0n) is 15.0. The van der Waals surface area contributed by atoms with Gasteiger partial charge in [0.2, 0.25) is 5.91 Å². The summed E-state index contributed by atoms with van der Waals surface area (Å²) in [6.07, 6.45) is 8.04. The molecule has 1 aliphatic rings. The topological polar surface area (TPSA) is 66.7 Å². The van der Waals surface area contributed by atoms with Gasteiger partial charge in [0, 0.05) is 29.9 Å². The minimum absolute atomic E-state index is 0.0554. The molecule has 3 rings (SSSR count). The first-order chi connectivity index (χ1) is 12.7. The summed E-state index contributed by atoms with van der Waals surface area (Å²) in [4.78, 5) is 31.5. The van der Waals surface area contributed by atoms with Crippen molar-refractivity contribution in [2.75, 3.05) is 31.9 Å². The number of nitrogens with zero attached hydrogens (tertiary/aromatic N) is 3. The molecule has 0 bridgehead atoms. The summed E-state index contributed by atoms with van der Waals surface area (Å²) in [5, 5.41) is 4.84. The fraction of sp³-hybridized carbons (Fsp3) is 0.611. The number of likely N-dealkylation sites (tertiary alicyclic amines) is 1.